The molecule has 2 aromatic heterocycles. The Morgan fingerprint density at radius 3 is 1.57 bits per heavy atom. The van der Waals surface area contributed by atoms with Gasteiger partial charge in [0.2, 0.25) is 11.8 Å². The van der Waals surface area contributed by atoms with E-state index in [-0.39, 0.29) is 46.5 Å². The normalized spacial score (nSPS) is 13.3. The molecule has 0 radical (unpaired) electrons. The Kier molecular flexibility index (Phi) is 21.0. The predicted molar refractivity (Wildman–Crippen MR) is 271 cm³/mol. The van der Waals surface area contributed by atoms with Crippen LogP contribution in [0.5, 0.6) is 0 Å². The number of thiophene rings is 2. The largest absolute Gasteiger partial charge is 0.465 e. The highest BCUT2D eigenvalue weighted by Crippen LogP contribution is 2.33. The number of carbonyl (C=O) groups is 6. The molecule has 0 atom stereocenters. The third-order valence-electron chi connectivity index (χ3n) is 9.87. The summed E-state index contributed by atoms with van der Waals surface area (Å²) in [6, 6.07) is 17.7. The molecule has 0 unspecified atom stereocenters. The second kappa shape index (κ2) is 26.1. The minimum Gasteiger partial charge on any atom is -0.465 e. The molecule has 2 saturated heterocycles. The van der Waals surface area contributed by atoms with Gasteiger partial charge >= 0.3 is 11.9 Å². The first-order valence-corrected chi connectivity index (χ1v) is 24.2. The average Bonchev–Trinajstić information content (AvgIpc) is 3.96. The lowest BCUT2D eigenvalue weighted by Crippen LogP contribution is -2.47. The van der Waals surface area contributed by atoms with Crippen LogP contribution >= 0.6 is 34.3 Å². The average molecular weight is 1000 g/mol. The van der Waals surface area contributed by atoms with E-state index < -0.39 is 17.2 Å². The van der Waals surface area contributed by atoms with Gasteiger partial charge in [0.1, 0.15) is 16.3 Å². The summed E-state index contributed by atoms with van der Waals surface area (Å²) in [5, 5.41) is 2.65. The van der Waals surface area contributed by atoms with Crippen molar-refractivity contribution in [3.05, 3.63) is 102 Å². The first-order chi connectivity index (χ1) is 32.6. The fraction of sp³-hybridized carbons (Fsp3) is 0.423. The van der Waals surface area contributed by atoms with Crippen molar-refractivity contribution in [3.8, 4) is 23.7 Å². The number of morpholine rings is 2. The molecule has 0 spiro atoms. The Bertz CT molecular complexity index is 2560. The Hall–Kier alpha value is -6.01. The van der Waals surface area contributed by atoms with E-state index >= 15 is 0 Å². The highest BCUT2D eigenvalue weighted by molar-refractivity contribution is 7.15. The van der Waals surface area contributed by atoms with E-state index in [1.807, 2.05) is 79.7 Å². The molecule has 368 valence electrons. The number of nitrogens with one attached hydrogen (secondary N) is 1. The van der Waals surface area contributed by atoms with E-state index in [1.165, 1.54) is 30.5 Å². The fourth-order valence-electron chi connectivity index (χ4n) is 6.16. The zero-order chi connectivity index (χ0) is 50.9. The van der Waals surface area contributed by atoms with Crippen molar-refractivity contribution in [2.75, 3.05) is 90.1 Å². The van der Waals surface area contributed by atoms with E-state index in [9.17, 15) is 28.8 Å². The molecule has 2 fully saturated rings. The topological polar surface area (TPSA) is 161 Å². The maximum Gasteiger partial charge on any atom is 0.350 e. The van der Waals surface area contributed by atoms with Crippen LogP contribution in [-0.4, -0.2) is 125 Å². The van der Waals surface area contributed by atoms with Gasteiger partial charge in [-0.05, 0) is 103 Å². The lowest BCUT2D eigenvalue weighted by molar-refractivity contribution is -0.134. The molecule has 17 heteroatoms. The van der Waals surface area contributed by atoms with Gasteiger partial charge in [-0.15, -0.1) is 22.7 Å². The van der Waals surface area contributed by atoms with Gasteiger partial charge in [-0.25, -0.2) is 9.59 Å². The van der Waals surface area contributed by atoms with Crippen molar-refractivity contribution in [1.82, 2.24) is 9.80 Å². The van der Waals surface area contributed by atoms with E-state index in [0.717, 1.165) is 27.3 Å². The van der Waals surface area contributed by atoms with Gasteiger partial charge in [0.05, 0.1) is 68.3 Å². The quantitative estimate of drug-likeness (QED) is 0.0925. The molecule has 4 heterocycles. The lowest BCUT2D eigenvalue weighted by Gasteiger charge is -2.30. The molecule has 2 aliphatic heterocycles. The Balaban J connectivity index is 0.000000258. The summed E-state index contributed by atoms with van der Waals surface area (Å²) < 4.78 is 20.4. The molecular weight excluding hydrogens is 940 g/mol. The number of ether oxygens (including phenoxy) is 4. The van der Waals surface area contributed by atoms with Gasteiger partial charge < -0.3 is 34.1 Å². The first-order valence-electron chi connectivity index (χ1n) is 22.2. The van der Waals surface area contributed by atoms with E-state index in [1.54, 1.807) is 46.2 Å². The molecular formula is C52H61ClN4O10S2. The van der Waals surface area contributed by atoms with Crippen LogP contribution in [-0.2, 0) is 28.5 Å². The minimum atomic E-state index is -0.579. The number of amides is 3. The van der Waals surface area contributed by atoms with Crippen LogP contribution < -0.4 is 10.2 Å². The minimum absolute atomic E-state index is 0.0207. The maximum atomic E-state index is 13.6. The molecule has 6 rings (SSSR count). The summed E-state index contributed by atoms with van der Waals surface area (Å²) in [5.74, 6) is 10.8. The molecule has 4 aromatic rings. The number of esters is 2. The van der Waals surface area contributed by atoms with Crippen molar-refractivity contribution < 1.29 is 47.7 Å². The summed E-state index contributed by atoms with van der Waals surface area (Å²) in [6.45, 7) is 20.0. The number of anilines is 2. The Morgan fingerprint density at radius 2 is 1.10 bits per heavy atom. The molecule has 14 nitrogen and oxygen atoms in total. The molecule has 0 saturated carbocycles. The van der Waals surface area contributed by atoms with Gasteiger partial charge in [-0.1, -0.05) is 59.1 Å². The monoisotopic (exact) mass is 1000 g/mol. The van der Waals surface area contributed by atoms with Crippen LogP contribution in [0.15, 0.2) is 60.7 Å². The van der Waals surface area contributed by atoms with Crippen LogP contribution in [0.4, 0.5) is 11.4 Å². The van der Waals surface area contributed by atoms with E-state index in [0.29, 0.717) is 84.9 Å². The summed E-state index contributed by atoms with van der Waals surface area (Å²) >= 11 is 7.63. The van der Waals surface area contributed by atoms with Crippen molar-refractivity contribution >= 4 is 80.6 Å². The number of carbonyl (C=O) groups excluding carboxylic acids is 6. The van der Waals surface area contributed by atoms with Crippen LogP contribution in [0, 0.1) is 48.4 Å². The highest BCUT2D eigenvalue weighted by Gasteiger charge is 2.30. The van der Waals surface area contributed by atoms with Crippen LogP contribution in [0.3, 0.4) is 0 Å². The molecule has 2 aliphatic rings. The van der Waals surface area contributed by atoms with Crippen molar-refractivity contribution in [1.29, 1.82) is 0 Å². The van der Waals surface area contributed by atoms with Crippen LogP contribution in [0.1, 0.15) is 102 Å². The van der Waals surface area contributed by atoms with Crippen LogP contribution in [0.25, 0.3) is 0 Å². The standard InChI is InChI=1S/C26H30N2O5S.C18H24N2O4S.C8H7ClO/c1-18-6-8-19(9-7-18)24(30)28(17-22(29)27-12-14-33-15-13-27)21-16-20(10-11-26(2,3)4)34-23(21)25(31)32-5;1-18(2,3)6-5-13-11-14(16(25-13)17(22)23-4)19-12-15(21)20-7-9-24-10-8-20;1-6-2-4-7(5-3-6)8(9)10/h6-9,16H,12-15,17H2,1-5H3;11,19H,7-10,12H2,1-4H3;2-5H,1H3. The zero-order valence-electron chi connectivity index (χ0n) is 41.0. The lowest BCUT2D eigenvalue weighted by atomic mass is 9.98. The summed E-state index contributed by atoms with van der Waals surface area (Å²) in [4.78, 5) is 80.9. The van der Waals surface area contributed by atoms with Gasteiger partial charge in [0, 0.05) is 48.1 Å². The van der Waals surface area contributed by atoms with Gasteiger partial charge in [0.25, 0.3) is 11.1 Å². The molecule has 0 bridgehead atoms. The second-order valence-corrected chi connectivity index (χ2v) is 20.3. The van der Waals surface area contributed by atoms with E-state index in [4.69, 9.17) is 30.5 Å². The Labute approximate surface area is 418 Å². The number of nitrogens with zero attached hydrogens (tertiary/aromatic N) is 3. The third-order valence-corrected chi connectivity index (χ3v) is 12.1. The number of aryl methyl sites for hydroxylation is 2. The predicted octanol–water partition coefficient (Wildman–Crippen LogP) is 8.32. The van der Waals surface area contributed by atoms with Gasteiger partial charge in [-0.3, -0.25) is 24.1 Å². The number of rotatable bonds is 10. The molecule has 0 aliphatic carbocycles. The van der Waals surface area contributed by atoms with Gasteiger partial charge in [-0.2, -0.15) is 0 Å². The molecule has 2 aromatic carbocycles. The maximum absolute atomic E-state index is 13.6. The zero-order valence-corrected chi connectivity index (χ0v) is 43.4. The summed E-state index contributed by atoms with van der Waals surface area (Å²) in [5.41, 5.74) is 3.64. The summed E-state index contributed by atoms with van der Waals surface area (Å²) in [6.07, 6.45) is 0. The van der Waals surface area contributed by atoms with Crippen molar-refractivity contribution in [3.63, 3.8) is 0 Å². The molecule has 69 heavy (non-hydrogen) atoms. The smallest absolute Gasteiger partial charge is 0.350 e. The van der Waals surface area contributed by atoms with Crippen LogP contribution in [0.2, 0.25) is 0 Å². The fourth-order valence-corrected chi connectivity index (χ4v) is 8.12. The highest BCUT2D eigenvalue weighted by atomic mass is 35.5. The number of methoxy groups -OCH3 is 2. The molecule has 1 N–H and O–H groups in total. The number of hydrogen-bond acceptors (Lipinski definition) is 13. The number of halogens is 1. The number of hydrogen-bond donors (Lipinski definition) is 1. The SMILES string of the molecule is COC(=O)c1sc(C#CC(C)(C)C)cc1N(CC(=O)N1CCOCC1)C(=O)c1ccc(C)cc1.COC(=O)c1sc(C#CC(C)(C)C)cc1NCC(=O)N1CCOCC1.Cc1ccc(C(=O)Cl)cc1. The van der Waals surface area contributed by atoms with Gasteiger partial charge in [0.15, 0.2) is 0 Å². The number of benzene rings is 2. The summed E-state index contributed by atoms with van der Waals surface area (Å²) in [7, 11) is 2.63. The van der Waals surface area contributed by atoms with Crippen molar-refractivity contribution in [2.24, 2.45) is 10.8 Å². The van der Waals surface area contributed by atoms with E-state index in [2.05, 4.69) is 29.0 Å². The first kappa shape index (κ1) is 55.6. The Morgan fingerprint density at radius 1 is 0.667 bits per heavy atom. The van der Waals surface area contributed by atoms with Crippen molar-refractivity contribution in [2.45, 2.75) is 55.4 Å². The third kappa shape index (κ3) is 18.1. The molecule has 3 amide bonds. The second-order valence-electron chi connectivity index (χ2n) is 17.9.